The molecule has 2 aromatic heterocycles. The molecule has 0 aliphatic rings. The molecular formula is C16H14N2O5. The first-order valence-electron chi connectivity index (χ1n) is 6.78. The maximum atomic E-state index is 11.7. The van der Waals surface area contributed by atoms with E-state index in [1.807, 2.05) is 0 Å². The zero-order valence-corrected chi connectivity index (χ0v) is 12.5. The summed E-state index contributed by atoms with van der Waals surface area (Å²) in [6.45, 7) is 0. The van der Waals surface area contributed by atoms with Crippen LogP contribution in [0.1, 0.15) is 10.4 Å². The largest absolute Gasteiger partial charge is 0.507 e. The quantitative estimate of drug-likeness (QED) is 0.758. The zero-order valence-electron chi connectivity index (χ0n) is 12.5. The van der Waals surface area contributed by atoms with Gasteiger partial charge in [0.25, 0.3) is 0 Å². The van der Waals surface area contributed by atoms with Gasteiger partial charge in [-0.1, -0.05) is 6.07 Å². The number of aromatic nitrogens is 1. The highest BCUT2D eigenvalue weighted by molar-refractivity contribution is 6.13. The van der Waals surface area contributed by atoms with Crippen LogP contribution in [0.25, 0.3) is 16.4 Å². The molecule has 7 heteroatoms. The van der Waals surface area contributed by atoms with E-state index in [1.54, 1.807) is 28.8 Å². The van der Waals surface area contributed by atoms with Gasteiger partial charge in [-0.15, -0.1) is 0 Å². The predicted octanol–water partition coefficient (Wildman–Crippen LogP) is 2.56. The molecule has 0 saturated carbocycles. The molecule has 1 amide bonds. The summed E-state index contributed by atoms with van der Waals surface area (Å²) in [5.74, 6) is -1.27. The van der Waals surface area contributed by atoms with Crippen molar-refractivity contribution in [2.24, 2.45) is 0 Å². The number of aromatic carboxylic acids is 1. The number of nitrogens with zero attached hydrogens (tertiary/aromatic N) is 2. The van der Waals surface area contributed by atoms with Gasteiger partial charge in [0.15, 0.2) is 0 Å². The standard InChI is InChI=1S/C16H14N2O5/c1-17(2)16(22)23-9-7-11-13(12(19)8-9)14(15(20)21)10-5-3-4-6-18(10)11/h3-8,19H,1-2H3,(H,20,21). The van der Waals surface area contributed by atoms with Crippen LogP contribution in [0.15, 0.2) is 36.5 Å². The van der Waals surface area contributed by atoms with Crippen molar-refractivity contribution in [3.63, 3.8) is 0 Å². The molecule has 0 radical (unpaired) electrons. The zero-order chi connectivity index (χ0) is 16.7. The summed E-state index contributed by atoms with van der Waals surface area (Å²) in [5.41, 5.74) is 0.893. The van der Waals surface area contributed by atoms with Crippen LogP contribution in [0.2, 0.25) is 0 Å². The number of carboxylic acid groups (broad SMARTS) is 1. The Morgan fingerprint density at radius 1 is 1.17 bits per heavy atom. The maximum Gasteiger partial charge on any atom is 0.414 e. The fraction of sp³-hybridized carbons (Fsp3) is 0.125. The molecule has 7 nitrogen and oxygen atoms in total. The van der Waals surface area contributed by atoms with Crippen LogP contribution in [0.4, 0.5) is 4.79 Å². The van der Waals surface area contributed by atoms with Crippen molar-refractivity contribution in [2.45, 2.75) is 0 Å². The van der Waals surface area contributed by atoms with Crippen molar-refractivity contribution >= 4 is 28.5 Å². The number of amides is 1. The Morgan fingerprint density at radius 3 is 2.57 bits per heavy atom. The second-order valence-corrected chi connectivity index (χ2v) is 5.23. The lowest BCUT2D eigenvalue weighted by Gasteiger charge is -2.11. The monoisotopic (exact) mass is 314 g/mol. The minimum atomic E-state index is -1.14. The van der Waals surface area contributed by atoms with Gasteiger partial charge in [-0.2, -0.15) is 0 Å². The number of ether oxygens (including phenoxy) is 1. The molecule has 23 heavy (non-hydrogen) atoms. The molecule has 0 aliphatic carbocycles. The Morgan fingerprint density at radius 2 is 1.91 bits per heavy atom. The van der Waals surface area contributed by atoms with Gasteiger partial charge in [-0.3, -0.25) is 0 Å². The van der Waals surface area contributed by atoms with E-state index in [0.29, 0.717) is 11.0 Å². The fourth-order valence-corrected chi connectivity index (χ4v) is 2.49. The van der Waals surface area contributed by atoms with E-state index in [9.17, 15) is 19.8 Å². The molecular weight excluding hydrogens is 300 g/mol. The van der Waals surface area contributed by atoms with Gasteiger partial charge in [0.2, 0.25) is 0 Å². The fourth-order valence-electron chi connectivity index (χ4n) is 2.49. The average Bonchev–Trinajstić information content (AvgIpc) is 2.82. The second-order valence-electron chi connectivity index (χ2n) is 5.23. The lowest BCUT2D eigenvalue weighted by atomic mass is 10.1. The van der Waals surface area contributed by atoms with E-state index >= 15 is 0 Å². The molecule has 3 aromatic rings. The van der Waals surface area contributed by atoms with E-state index in [0.717, 1.165) is 0 Å². The smallest absolute Gasteiger partial charge is 0.414 e. The van der Waals surface area contributed by atoms with Crippen LogP contribution in [0.5, 0.6) is 11.5 Å². The molecule has 3 rings (SSSR count). The molecule has 0 fully saturated rings. The molecule has 2 heterocycles. The molecule has 0 atom stereocenters. The van der Waals surface area contributed by atoms with Gasteiger partial charge >= 0.3 is 12.1 Å². The van der Waals surface area contributed by atoms with Crippen molar-refractivity contribution in [1.82, 2.24) is 9.30 Å². The predicted molar refractivity (Wildman–Crippen MR) is 83.2 cm³/mol. The molecule has 1 aromatic carbocycles. The van der Waals surface area contributed by atoms with E-state index in [2.05, 4.69) is 0 Å². The number of benzene rings is 1. The van der Waals surface area contributed by atoms with E-state index in [-0.39, 0.29) is 22.4 Å². The summed E-state index contributed by atoms with van der Waals surface area (Å²) >= 11 is 0. The first kappa shape index (κ1) is 14.7. The molecule has 0 bridgehead atoms. The minimum Gasteiger partial charge on any atom is -0.507 e. The lowest BCUT2D eigenvalue weighted by molar-refractivity contribution is 0.0700. The van der Waals surface area contributed by atoms with Crippen LogP contribution in [-0.2, 0) is 0 Å². The van der Waals surface area contributed by atoms with E-state index < -0.39 is 12.1 Å². The van der Waals surface area contributed by atoms with Gasteiger partial charge in [0.05, 0.1) is 22.0 Å². The molecule has 0 saturated heterocycles. The molecule has 118 valence electrons. The topological polar surface area (TPSA) is 91.5 Å². The third kappa shape index (κ3) is 2.32. The number of rotatable bonds is 2. The normalized spacial score (nSPS) is 10.9. The number of phenols is 1. The van der Waals surface area contributed by atoms with E-state index in [4.69, 9.17) is 4.74 Å². The maximum absolute atomic E-state index is 11.7. The summed E-state index contributed by atoms with van der Waals surface area (Å²) in [6, 6.07) is 7.86. The molecule has 2 N–H and O–H groups in total. The second kappa shape index (κ2) is 5.20. The summed E-state index contributed by atoms with van der Waals surface area (Å²) in [7, 11) is 3.08. The van der Waals surface area contributed by atoms with Crippen molar-refractivity contribution in [2.75, 3.05) is 14.1 Å². The Hall–Kier alpha value is -3.22. The highest BCUT2D eigenvalue weighted by Crippen LogP contribution is 2.36. The van der Waals surface area contributed by atoms with Crippen LogP contribution in [0, 0.1) is 0 Å². The Labute approximate surface area is 130 Å². The van der Waals surface area contributed by atoms with Gasteiger partial charge in [0.1, 0.15) is 11.5 Å². The Kier molecular flexibility index (Phi) is 3.33. The first-order chi connectivity index (χ1) is 10.9. The molecule has 0 unspecified atom stereocenters. The minimum absolute atomic E-state index is 0.00332. The van der Waals surface area contributed by atoms with Gasteiger partial charge < -0.3 is 24.3 Å². The summed E-state index contributed by atoms with van der Waals surface area (Å²) < 4.78 is 6.78. The van der Waals surface area contributed by atoms with Crippen LogP contribution in [-0.4, -0.2) is 45.7 Å². The third-order valence-corrected chi connectivity index (χ3v) is 3.48. The lowest BCUT2D eigenvalue weighted by Crippen LogP contribution is -2.25. The van der Waals surface area contributed by atoms with Crippen LogP contribution < -0.4 is 4.74 Å². The van der Waals surface area contributed by atoms with Gasteiger partial charge in [-0.05, 0) is 12.1 Å². The number of phenolic OH excluding ortho intramolecular Hbond substituents is 1. The van der Waals surface area contributed by atoms with Crippen LogP contribution >= 0.6 is 0 Å². The Bertz CT molecular complexity index is 942. The van der Waals surface area contributed by atoms with Crippen molar-refractivity contribution in [1.29, 1.82) is 0 Å². The summed E-state index contributed by atoms with van der Waals surface area (Å²) in [4.78, 5) is 24.5. The van der Waals surface area contributed by atoms with E-state index in [1.165, 1.54) is 31.1 Å². The van der Waals surface area contributed by atoms with Gasteiger partial charge in [0, 0.05) is 32.4 Å². The number of hydrogen-bond acceptors (Lipinski definition) is 4. The van der Waals surface area contributed by atoms with Crippen molar-refractivity contribution in [3.05, 3.63) is 42.1 Å². The Balaban J connectivity index is 2.30. The van der Waals surface area contributed by atoms with Crippen molar-refractivity contribution in [3.8, 4) is 11.5 Å². The number of carboxylic acids is 1. The van der Waals surface area contributed by atoms with Crippen LogP contribution in [0.3, 0.4) is 0 Å². The highest BCUT2D eigenvalue weighted by atomic mass is 16.6. The molecule has 0 spiro atoms. The number of carbonyl (C=O) groups excluding carboxylic acids is 1. The highest BCUT2D eigenvalue weighted by Gasteiger charge is 2.21. The first-order valence-corrected chi connectivity index (χ1v) is 6.78. The molecule has 0 aliphatic heterocycles. The summed E-state index contributed by atoms with van der Waals surface area (Å²) in [5, 5.41) is 19.9. The summed E-state index contributed by atoms with van der Waals surface area (Å²) in [6.07, 6.45) is 1.09. The number of hydrogen-bond donors (Lipinski definition) is 2. The number of aromatic hydroxyl groups is 1. The average molecular weight is 314 g/mol. The third-order valence-electron chi connectivity index (χ3n) is 3.48. The SMILES string of the molecule is CN(C)C(=O)Oc1cc(O)c2c(C(=O)O)c3ccccn3c2c1. The number of fused-ring (bicyclic) bond motifs is 3. The number of pyridine rings is 1. The van der Waals surface area contributed by atoms with Gasteiger partial charge in [-0.25, -0.2) is 9.59 Å². The van der Waals surface area contributed by atoms with Crippen molar-refractivity contribution < 1.29 is 24.5 Å². The number of carbonyl (C=O) groups is 2.